The van der Waals surface area contributed by atoms with Gasteiger partial charge in [0.2, 0.25) is 0 Å². The summed E-state index contributed by atoms with van der Waals surface area (Å²) >= 11 is 0. The van der Waals surface area contributed by atoms with Crippen molar-refractivity contribution in [2.24, 2.45) is 4.99 Å². The van der Waals surface area contributed by atoms with Gasteiger partial charge in [-0.15, -0.1) is 0 Å². The third-order valence-corrected chi connectivity index (χ3v) is 4.45. The van der Waals surface area contributed by atoms with Gasteiger partial charge in [0.15, 0.2) is 5.96 Å². The fourth-order valence-electron chi connectivity index (χ4n) is 3.06. The largest absolute Gasteiger partial charge is 0.508 e. The third-order valence-electron chi connectivity index (χ3n) is 4.45. The molecule has 1 heterocycles. The van der Waals surface area contributed by atoms with Crippen molar-refractivity contribution in [1.82, 2.24) is 10.2 Å². The molecule has 0 bridgehead atoms. The molecule has 1 saturated heterocycles. The van der Waals surface area contributed by atoms with Crippen molar-refractivity contribution in [3.05, 3.63) is 59.9 Å². The minimum absolute atomic E-state index is 0.172. The zero-order valence-electron chi connectivity index (χ0n) is 15.0. The van der Waals surface area contributed by atoms with E-state index in [0.717, 1.165) is 44.2 Å². The van der Waals surface area contributed by atoms with E-state index in [1.807, 2.05) is 31.2 Å². The monoisotopic (exact) mass is 356 g/mol. The fourth-order valence-corrected chi connectivity index (χ4v) is 3.06. The third kappa shape index (κ3) is 4.45. The predicted molar refractivity (Wildman–Crippen MR) is 103 cm³/mol. The Morgan fingerprint density at radius 2 is 1.77 bits per heavy atom. The van der Waals surface area contributed by atoms with E-state index in [1.54, 1.807) is 18.2 Å². The summed E-state index contributed by atoms with van der Waals surface area (Å²) in [5.41, 5.74) is 1.71. The maximum atomic E-state index is 14.0. The van der Waals surface area contributed by atoms with Gasteiger partial charge in [-0.25, -0.2) is 9.38 Å². The van der Waals surface area contributed by atoms with Gasteiger partial charge in [-0.1, -0.05) is 24.3 Å². The highest BCUT2D eigenvalue weighted by molar-refractivity contribution is 5.80. The molecule has 1 fully saturated rings. The van der Waals surface area contributed by atoms with Crippen molar-refractivity contribution >= 4 is 11.6 Å². The number of halogens is 1. The van der Waals surface area contributed by atoms with Gasteiger partial charge in [0.05, 0.1) is 12.2 Å². The molecule has 3 rings (SSSR count). The lowest BCUT2D eigenvalue weighted by atomic mass is 10.2. The first kappa shape index (κ1) is 18.0. The van der Waals surface area contributed by atoms with Crippen LogP contribution in [0.5, 0.6) is 5.75 Å². The summed E-state index contributed by atoms with van der Waals surface area (Å²) < 4.78 is 14.0. The molecule has 2 aromatic rings. The van der Waals surface area contributed by atoms with E-state index in [4.69, 9.17) is 4.99 Å². The lowest BCUT2D eigenvalue weighted by Crippen LogP contribution is -2.52. The van der Waals surface area contributed by atoms with Crippen LogP contribution in [0.25, 0.3) is 0 Å². The Kier molecular flexibility index (Phi) is 5.94. The van der Waals surface area contributed by atoms with Crippen LogP contribution < -0.4 is 10.2 Å². The lowest BCUT2D eigenvalue weighted by molar-refractivity contribution is 0.370. The molecule has 2 N–H and O–H groups in total. The number of anilines is 1. The van der Waals surface area contributed by atoms with E-state index < -0.39 is 0 Å². The Morgan fingerprint density at radius 3 is 2.42 bits per heavy atom. The molecule has 0 aromatic heterocycles. The van der Waals surface area contributed by atoms with E-state index in [1.165, 1.54) is 6.07 Å². The van der Waals surface area contributed by atoms with Gasteiger partial charge in [-0.3, -0.25) is 0 Å². The van der Waals surface area contributed by atoms with Crippen molar-refractivity contribution in [3.63, 3.8) is 0 Å². The molecule has 138 valence electrons. The first-order valence-corrected chi connectivity index (χ1v) is 8.98. The predicted octanol–water partition coefficient (Wildman–Crippen LogP) is 2.82. The first-order chi connectivity index (χ1) is 12.7. The molecule has 0 spiro atoms. The second-order valence-electron chi connectivity index (χ2n) is 6.26. The van der Waals surface area contributed by atoms with Crippen LogP contribution in [0, 0.1) is 5.82 Å². The van der Waals surface area contributed by atoms with Gasteiger partial charge in [0, 0.05) is 32.7 Å². The zero-order valence-corrected chi connectivity index (χ0v) is 15.0. The molecule has 6 heteroatoms. The summed E-state index contributed by atoms with van der Waals surface area (Å²) in [7, 11) is 0. The highest BCUT2D eigenvalue weighted by Crippen LogP contribution is 2.20. The van der Waals surface area contributed by atoms with Crippen LogP contribution in [-0.4, -0.2) is 48.7 Å². The molecular weight excluding hydrogens is 331 g/mol. The van der Waals surface area contributed by atoms with E-state index in [0.29, 0.717) is 12.2 Å². The highest BCUT2D eigenvalue weighted by Gasteiger charge is 2.21. The van der Waals surface area contributed by atoms with Crippen LogP contribution in [0.4, 0.5) is 10.1 Å². The van der Waals surface area contributed by atoms with Crippen molar-refractivity contribution in [3.8, 4) is 5.75 Å². The smallest absolute Gasteiger partial charge is 0.194 e. The average molecular weight is 356 g/mol. The minimum Gasteiger partial charge on any atom is -0.508 e. The summed E-state index contributed by atoms with van der Waals surface area (Å²) in [4.78, 5) is 9.00. The molecule has 26 heavy (non-hydrogen) atoms. The number of guanidine groups is 1. The van der Waals surface area contributed by atoms with Crippen LogP contribution in [0.15, 0.2) is 53.5 Å². The number of piperazine rings is 1. The lowest BCUT2D eigenvalue weighted by Gasteiger charge is -2.37. The summed E-state index contributed by atoms with van der Waals surface area (Å²) in [5.74, 6) is 0.955. The number of hydrogen-bond donors (Lipinski definition) is 2. The number of phenolic OH excluding ortho intramolecular Hbond substituents is 1. The van der Waals surface area contributed by atoms with Crippen molar-refractivity contribution in [1.29, 1.82) is 0 Å². The summed E-state index contributed by atoms with van der Waals surface area (Å²) in [5, 5.41) is 12.7. The molecule has 1 aliphatic rings. The van der Waals surface area contributed by atoms with Crippen LogP contribution in [0.3, 0.4) is 0 Å². The maximum absolute atomic E-state index is 14.0. The summed E-state index contributed by atoms with van der Waals surface area (Å²) in [6.45, 7) is 6.48. The van der Waals surface area contributed by atoms with Crippen molar-refractivity contribution in [2.75, 3.05) is 37.6 Å². The quantitative estimate of drug-likeness (QED) is 0.653. The topological polar surface area (TPSA) is 51.1 Å². The van der Waals surface area contributed by atoms with E-state index in [2.05, 4.69) is 15.1 Å². The Bertz CT molecular complexity index is 740. The fraction of sp³-hybridized carbons (Fsp3) is 0.350. The number of para-hydroxylation sites is 1. The number of benzene rings is 2. The molecule has 0 saturated carbocycles. The summed E-state index contributed by atoms with van der Waals surface area (Å²) in [6, 6.07) is 14.0. The van der Waals surface area contributed by atoms with Crippen LogP contribution in [0.1, 0.15) is 12.5 Å². The van der Waals surface area contributed by atoms with Crippen LogP contribution in [-0.2, 0) is 6.54 Å². The van der Waals surface area contributed by atoms with Crippen LogP contribution in [0.2, 0.25) is 0 Å². The molecule has 1 aliphatic heterocycles. The number of aliphatic imine (C=N–C) groups is 1. The highest BCUT2D eigenvalue weighted by atomic mass is 19.1. The molecule has 0 amide bonds. The molecule has 0 atom stereocenters. The normalized spacial score (nSPS) is 15.2. The number of nitrogens with zero attached hydrogens (tertiary/aromatic N) is 3. The standard InChI is InChI=1S/C20H25FN4O/c1-2-22-20(23-15-16-7-9-17(26)10-8-16)25-13-11-24(12-14-25)19-6-4-3-5-18(19)21/h3-10,26H,2,11-15H2,1H3,(H,22,23). The van der Waals surface area contributed by atoms with Gasteiger partial charge >= 0.3 is 0 Å². The Morgan fingerprint density at radius 1 is 1.08 bits per heavy atom. The molecule has 0 unspecified atom stereocenters. The summed E-state index contributed by atoms with van der Waals surface area (Å²) in [6.07, 6.45) is 0. The first-order valence-electron chi connectivity index (χ1n) is 8.98. The second kappa shape index (κ2) is 8.56. The van der Waals surface area contributed by atoms with Gasteiger partial charge in [-0.05, 0) is 36.8 Å². The molecule has 0 aliphatic carbocycles. The Labute approximate surface area is 153 Å². The van der Waals surface area contributed by atoms with E-state index in [9.17, 15) is 9.50 Å². The molecule has 2 aromatic carbocycles. The van der Waals surface area contributed by atoms with Crippen LogP contribution >= 0.6 is 0 Å². The molecular formula is C20H25FN4O. The van der Waals surface area contributed by atoms with E-state index >= 15 is 0 Å². The zero-order chi connectivity index (χ0) is 18.4. The number of rotatable bonds is 4. The number of hydrogen-bond acceptors (Lipinski definition) is 3. The number of phenols is 1. The van der Waals surface area contributed by atoms with Crippen molar-refractivity contribution < 1.29 is 9.50 Å². The number of aromatic hydroxyl groups is 1. The van der Waals surface area contributed by atoms with Crippen molar-refractivity contribution in [2.45, 2.75) is 13.5 Å². The molecule has 5 nitrogen and oxygen atoms in total. The Hall–Kier alpha value is -2.76. The average Bonchev–Trinajstić information content (AvgIpc) is 2.67. The Balaban J connectivity index is 1.63. The minimum atomic E-state index is -0.172. The number of nitrogens with one attached hydrogen (secondary N) is 1. The van der Waals surface area contributed by atoms with Gasteiger partial charge in [-0.2, -0.15) is 0 Å². The maximum Gasteiger partial charge on any atom is 0.194 e. The SMILES string of the molecule is CCNC(=NCc1ccc(O)cc1)N1CCN(c2ccccc2F)CC1. The van der Waals surface area contributed by atoms with Gasteiger partial charge in [0.1, 0.15) is 11.6 Å². The van der Waals surface area contributed by atoms with Gasteiger partial charge in [0.25, 0.3) is 0 Å². The molecule has 0 radical (unpaired) electrons. The van der Waals surface area contributed by atoms with E-state index in [-0.39, 0.29) is 11.6 Å². The van der Waals surface area contributed by atoms with Gasteiger partial charge < -0.3 is 20.2 Å². The second-order valence-corrected chi connectivity index (χ2v) is 6.26.